The normalized spacial score (nSPS) is 14.2. The van der Waals surface area contributed by atoms with Crippen LogP contribution in [0.1, 0.15) is 22.6 Å². The van der Waals surface area contributed by atoms with Gasteiger partial charge in [0.05, 0.1) is 18.4 Å². The molecule has 0 bridgehead atoms. The van der Waals surface area contributed by atoms with Gasteiger partial charge in [-0.15, -0.1) is 0 Å². The second-order valence-corrected chi connectivity index (χ2v) is 5.30. The smallest absolute Gasteiger partial charge is 0.258 e. The molecule has 0 aliphatic carbocycles. The molecule has 1 aliphatic heterocycles. The summed E-state index contributed by atoms with van der Waals surface area (Å²) in [4.78, 5) is 23.1. The van der Waals surface area contributed by atoms with Crippen molar-refractivity contribution in [2.75, 3.05) is 7.11 Å². The van der Waals surface area contributed by atoms with Crippen LogP contribution in [0.3, 0.4) is 0 Å². The molecule has 1 aliphatic rings. The fourth-order valence-electron chi connectivity index (χ4n) is 2.59. The lowest BCUT2D eigenvalue weighted by atomic mass is 10.2. The van der Waals surface area contributed by atoms with Gasteiger partial charge in [-0.25, -0.2) is 9.97 Å². The molecule has 0 saturated heterocycles. The standard InChI is InChI=1S/C15H18N4O2/c1-10-17-13-9-19(8-12(13)15(20)18(10)2)7-11-4-5-14(21-3)16-6-11/h4-6H,7-9H2,1-3H3. The van der Waals surface area contributed by atoms with Gasteiger partial charge in [-0.2, -0.15) is 0 Å². The number of aromatic nitrogens is 3. The molecule has 0 amide bonds. The van der Waals surface area contributed by atoms with Gasteiger partial charge in [-0.3, -0.25) is 14.3 Å². The molecule has 0 saturated carbocycles. The number of aryl methyl sites for hydroxylation is 1. The van der Waals surface area contributed by atoms with E-state index in [0.717, 1.165) is 29.2 Å². The van der Waals surface area contributed by atoms with E-state index in [1.807, 2.05) is 19.1 Å². The molecule has 6 heteroatoms. The van der Waals surface area contributed by atoms with Gasteiger partial charge in [-0.05, 0) is 12.5 Å². The van der Waals surface area contributed by atoms with Crippen molar-refractivity contribution in [1.82, 2.24) is 19.4 Å². The van der Waals surface area contributed by atoms with Crippen molar-refractivity contribution in [1.29, 1.82) is 0 Å². The Morgan fingerprint density at radius 1 is 1.33 bits per heavy atom. The highest BCUT2D eigenvalue weighted by atomic mass is 16.5. The van der Waals surface area contributed by atoms with E-state index >= 15 is 0 Å². The highest BCUT2D eigenvalue weighted by Crippen LogP contribution is 2.20. The van der Waals surface area contributed by atoms with Crippen molar-refractivity contribution in [3.8, 4) is 5.88 Å². The van der Waals surface area contributed by atoms with Gasteiger partial charge in [-0.1, -0.05) is 6.07 Å². The van der Waals surface area contributed by atoms with Crippen LogP contribution in [-0.4, -0.2) is 26.5 Å². The summed E-state index contributed by atoms with van der Waals surface area (Å²) < 4.78 is 6.66. The molecule has 0 spiro atoms. The second-order valence-electron chi connectivity index (χ2n) is 5.30. The van der Waals surface area contributed by atoms with E-state index in [1.54, 1.807) is 24.9 Å². The predicted molar refractivity (Wildman–Crippen MR) is 78.0 cm³/mol. The van der Waals surface area contributed by atoms with Gasteiger partial charge >= 0.3 is 0 Å². The molecule has 21 heavy (non-hydrogen) atoms. The molecule has 6 nitrogen and oxygen atoms in total. The summed E-state index contributed by atoms with van der Waals surface area (Å²) in [5, 5.41) is 0. The number of hydrogen-bond acceptors (Lipinski definition) is 5. The first kappa shape index (κ1) is 13.8. The van der Waals surface area contributed by atoms with Gasteiger partial charge in [0, 0.05) is 38.9 Å². The molecule has 110 valence electrons. The first-order valence-electron chi connectivity index (χ1n) is 6.85. The summed E-state index contributed by atoms with van der Waals surface area (Å²) in [7, 11) is 3.36. The Bertz CT molecular complexity index is 722. The largest absolute Gasteiger partial charge is 0.481 e. The number of fused-ring (bicyclic) bond motifs is 1. The van der Waals surface area contributed by atoms with E-state index in [2.05, 4.69) is 14.9 Å². The number of hydrogen-bond donors (Lipinski definition) is 0. The van der Waals surface area contributed by atoms with Crippen molar-refractivity contribution in [3.05, 3.63) is 51.3 Å². The second kappa shape index (κ2) is 5.29. The lowest BCUT2D eigenvalue weighted by Gasteiger charge is -2.14. The van der Waals surface area contributed by atoms with E-state index in [4.69, 9.17) is 4.74 Å². The molecule has 3 rings (SSSR count). The van der Waals surface area contributed by atoms with Crippen molar-refractivity contribution in [2.45, 2.75) is 26.6 Å². The van der Waals surface area contributed by atoms with Crippen LogP contribution >= 0.6 is 0 Å². The molecule has 0 aromatic carbocycles. The minimum Gasteiger partial charge on any atom is -0.481 e. The van der Waals surface area contributed by atoms with Crippen LogP contribution in [0.5, 0.6) is 5.88 Å². The molecule has 2 aromatic heterocycles. The summed E-state index contributed by atoms with van der Waals surface area (Å²) >= 11 is 0. The molecule has 0 unspecified atom stereocenters. The van der Waals surface area contributed by atoms with Crippen molar-refractivity contribution in [2.24, 2.45) is 7.05 Å². The third-order valence-electron chi connectivity index (χ3n) is 3.86. The van der Waals surface area contributed by atoms with E-state index in [1.165, 1.54) is 0 Å². The molecule has 0 atom stereocenters. The Kier molecular flexibility index (Phi) is 3.47. The molecular weight excluding hydrogens is 268 g/mol. The maximum atomic E-state index is 12.2. The van der Waals surface area contributed by atoms with E-state index in [0.29, 0.717) is 19.0 Å². The van der Waals surface area contributed by atoms with Crippen LogP contribution < -0.4 is 10.3 Å². The molecule has 2 aromatic rings. The Labute approximate surface area is 123 Å². The zero-order valence-electron chi connectivity index (χ0n) is 12.5. The lowest BCUT2D eigenvalue weighted by molar-refractivity contribution is 0.273. The molecule has 3 heterocycles. The van der Waals surface area contributed by atoms with Gasteiger partial charge in [0.2, 0.25) is 5.88 Å². The average Bonchev–Trinajstić information content (AvgIpc) is 2.88. The highest BCUT2D eigenvalue weighted by Gasteiger charge is 2.24. The Morgan fingerprint density at radius 3 is 2.81 bits per heavy atom. The summed E-state index contributed by atoms with van der Waals surface area (Å²) in [6.45, 7) is 3.95. The van der Waals surface area contributed by atoms with Crippen molar-refractivity contribution in [3.63, 3.8) is 0 Å². The van der Waals surface area contributed by atoms with E-state index < -0.39 is 0 Å². The lowest BCUT2D eigenvalue weighted by Crippen LogP contribution is -2.25. The molecule has 0 N–H and O–H groups in total. The SMILES string of the molecule is COc1ccc(CN2Cc3nc(C)n(C)c(=O)c3C2)cn1. The maximum Gasteiger partial charge on any atom is 0.258 e. The Balaban J connectivity index is 1.78. The van der Waals surface area contributed by atoms with Gasteiger partial charge in [0.1, 0.15) is 5.82 Å². The van der Waals surface area contributed by atoms with Gasteiger partial charge in [0.15, 0.2) is 0 Å². The van der Waals surface area contributed by atoms with Crippen LogP contribution in [0, 0.1) is 6.92 Å². The average molecular weight is 286 g/mol. The third-order valence-corrected chi connectivity index (χ3v) is 3.86. The van der Waals surface area contributed by atoms with Crippen molar-refractivity contribution < 1.29 is 4.74 Å². The van der Waals surface area contributed by atoms with Crippen LogP contribution in [0.4, 0.5) is 0 Å². The first-order valence-corrected chi connectivity index (χ1v) is 6.85. The van der Waals surface area contributed by atoms with Crippen molar-refractivity contribution >= 4 is 0 Å². The van der Waals surface area contributed by atoms with Crippen LogP contribution in [-0.2, 0) is 26.7 Å². The van der Waals surface area contributed by atoms with E-state index in [9.17, 15) is 4.79 Å². The van der Waals surface area contributed by atoms with Gasteiger partial charge < -0.3 is 4.74 Å². The summed E-state index contributed by atoms with van der Waals surface area (Å²) in [6.07, 6.45) is 1.80. The molecular formula is C15H18N4O2. The Morgan fingerprint density at radius 2 is 2.14 bits per heavy atom. The van der Waals surface area contributed by atoms with Crippen LogP contribution in [0.15, 0.2) is 23.1 Å². The number of methoxy groups -OCH3 is 1. The predicted octanol–water partition coefficient (Wildman–Crippen LogP) is 1.01. The topological polar surface area (TPSA) is 60.2 Å². The minimum atomic E-state index is 0.0628. The maximum absolute atomic E-state index is 12.2. The van der Waals surface area contributed by atoms with Gasteiger partial charge in [0.25, 0.3) is 5.56 Å². The molecule has 0 radical (unpaired) electrons. The summed E-state index contributed by atoms with van der Waals surface area (Å²) in [6, 6.07) is 3.84. The van der Waals surface area contributed by atoms with Crippen LogP contribution in [0.25, 0.3) is 0 Å². The molecule has 0 fully saturated rings. The summed E-state index contributed by atoms with van der Waals surface area (Å²) in [5.74, 6) is 1.36. The zero-order chi connectivity index (χ0) is 15.0. The number of ether oxygens (including phenoxy) is 1. The summed E-state index contributed by atoms with van der Waals surface area (Å²) in [5.41, 5.74) is 2.87. The first-order chi connectivity index (χ1) is 10.1. The van der Waals surface area contributed by atoms with Crippen LogP contribution in [0.2, 0.25) is 0 Å². The third kappa shape index (κ3) is 2.54. The fourth-order valence-corrected chi connectivity index (χ4v) is 2.59. The number of nitrogens with zero attached hydrogens (tertiary/aromatic N) is 4. The monoisotopic (exact) mass is 286 g/mol. The minimum absolute atomic E-state index is 0.0628. The number of pyridine rings is 1. The quantitative estimate of drug-likeness (QED) is 0.842. The fraction of sp³-hybridized carbons (Fsp3) is 0.400. The Hall–Kier alpha value is -2.21. The van der Waals surface area contributed by atoms with E-state index in [-0.39, 0.29) is 5.56 Å². The zero-order valence-corrected chi connectivity index (χ0v) is 12.5. The number of rotatable bonds is 3. The highest BCUT2D eigenvalue weighted by molar-refractivity contribution is 5.24.